The van der Waals surface area contributed by atoms with E-state index < -0.39 is 18.3 Å². The number of hydrogen-bond donors (Lipinski definition) is 0. The lowest BCUT2D eigenvalue weighted by Crippen LogP contribution is -2.57. The van der Waals surface area contributed by atoms with Gasteiger partial charge in [-0.1, -0.05) is 134 Å². The first kappa shape index (κ1) is 36.4. The lowest BCUT2D eigenvalue weighted by atomic mass is 9.88. The molecule has 2 aliphatic rings. The van der Waals surface area contributed by atoms with Crippen molar-refractivity contribution in [2.45, 2.75) is 82.6 Å². The average molecular weight is 719 g/mol. The molecule has 0 spiro atoms. The summed E-state index contributed by atoms with van der Waals surface area (Å²) >= 11 is 6.88. The summed E-state index contributed by atoms with van der Waals surface area (Å²) in [5.74, 6) is 0.851. The summed E-state index contributed by atoms with van der Waals surface area (Å²) in [5, 5.41) is 0.706. The Morgan fingerprint density at radius 2 is 1.21 bits per heavy atom. The molecule has 0 aromatic heterocycles. The first-order chi connectivity index (χ1) is 25.6. The van der Waals surface area contributed by atoms with Crippen molar-refractivity contribution in [3.05, 3.63) is 172 Å². The van der Waals surface area contributed by atoms with Gasteiger partial charge in [0, 0.05) is 11.4 Å². The summed E-state index contributed by atoms with van der Waals surface area (Å²) in [6.45, 7) is 4.79. The quantitative estimate of drug-likeness (QED) is 0.107. The second-order valence-corrected chi connectivity index (χ2v) is 14.0. The Labute approximate surface area is 312 Å². The summed E-state index contributed by atoms with van der Waals surface area (Å²) in [7, 11) is 0. The first-order valence-corrected chi connectivity index (χ1v) is 18.7. The van der Waals surface area contributed by atoms with E-state index in [0.717, 1.165) is 58.6 Å². The van der Waals surface area contributed by atoms with Crippen LogP contribution in [0, 0.1) is 0 Å². The highest BCUT2D eigenvalue weighted by Crippen LogP contribution is 2.40. The molecule has 0 N–H and O–H groups in total. The number of rotatable bonds is 15. The number of hydrogen-bond acceptors (Lipinski definition) is 6. The van der Waals surface area contributed by atoms with Gasteiger partial charge in [-0.2, -0.15) is 0 Å². The van der Waals surface area contributed by atoms with Gasteiger partial charge in [0.15, 0.2) is 0 Å². The molecule has 2 fully saturated rings. The van der Waals surface area contributed by atoms with Crippen molar-refractivity contribution in [1.82, 2.24) is 0 Å². The maximum absolute atomic E-state index is 7.03. The van der Waals surface area contributed by atoms with E-state index in [1.54, 1.807) is 0 Å². The van der Waals surface area contributed by atoms with E-state index >= 15 is 0 Å². The van der Waals surface area contributed by atoms with Crippen molar-refractivity contribution >= 4 is 11.6 Å². The van der Waals surface area contributed by atoms with E-state index in [2.05, 4.69) is 67.6 Å². The molecule has 2 heterocycles. The van der Waals surface area contributed by atoms with Gasteiger partial charge in [0.2, 0.25) is 0 Å². The zero-order valence-electron chi connectivity index (χ0n) is 29.7. The van der Waals surface area contributed by atoms with Crippen LogP contribution >= 0.6 is 11.6 Å². The lowest BCUT2D eigenvalue weighted by molar-refractivity contribution is -0.267. The Morgan fingerprint density at radius 1 is 0.635 bits per heavy atom. The zero-order valence-corrected chi connectivity index (χ0v) is 30.4. The Balaban J connectivity index is 1.18. The summed E-state index contributed by atoms with van der Waals surface area (Å²) in [5.41, 5.74) is 6.40. The second kappa shape index (κ2) is 18.2. The lowest BCUT2D eigenvalue weighted by Gasteiger charge is -2.46. The molecule has 5 aromatic carbocycles. The largest absolute Gasteiger partial charge is 0.488 e. The molecule has 2 saturated heterocycles. The molecule has 6 atom stereocenters. The van der Waals surface area contributed by atoms with Gasteiger partial charge in [-0.15, -0.1) is 0 Å². The van der Waals surface area contributed by atoms with Crippen molar-refractivity contribution < 1.29 is 28.4 Å². The van der Waals surface area contributed by atoms with Crippen LogP contribution in [0.5, 0.6) is 5.75 Å². The van der Waals surface area contributed by atoms with Gasteiger partial charge < -0.3 is 28.4 Å². The van der Waals surface area contributed by atoms with E-state index in [0.29, 0.717) is 37.9 Å². The van der Waals surface area contributed by atoms with Gasteiger partial charge in [0.25, 0.3) is 0 Å². The number of halogens is 1. The fourth-order valence-corrected chi connectivity index (χ4v) is 7.18. The van der Waals surface area contributed by atoms with Crippen LogP contribution in [0.2, 0.25) is 5.02 Å². The minimum atomic E-state index is -0.475. The van der Waals surface area contributed by atoms with Crippen LogP contribution < -0.4 is 4.74 Å². The van der Waals surface area contributed by atoms with Crippen molar-refractivity contribution in [2.75, 3.05) is 13.2 Å². The van der Waals surface area contributed by atoms with Gasteiger partial charge >= 0.3 is 0 Å². The molecule has 2 aliphatic heterocycles. The molecule has 270 valence electrons. The number of benzene rings is 5. The van der Waals surface area contributed by atoms with Gasteiger partial charge in [-0.25, -0.2) is 0 Å². The molecule has 0 aliphatic carbocycles. The molecule has 7 heteroatoms. The third-order valence-electron chi connectivity index (χ3n) is 9.80. The maximum Gasteiger partial charge on any atom is 0.124 e. The molecule has 0 saturated carbocycles. The van der Waals surface area contributed by atoms with Crippen LogP contribution in [0.15, 0.2) is 133 Å². The Morgan fingerprint density at radius 3 is 1.77 bits per heavy atom. The fourth-order valence-electron chi connectivity index (χ4n) is 7.00. The van der Waals surface area contributed by atoms with Crippen LogP contribution in [-0.4, -0.2) is 43.7 Å². The van der Waals surface area contributed by atoms with E-state index in [1.165, 1.54) is 0 Å². The predicted molar refractivity (Wildman–Crippen MR) is 204 cm³/mol. The Hall–Kier alpha value is -4.01. The van der Waals surface area contributed by atoms with Gasteiger partial charge in [0.1, 0.15) is 36.3 Å². The average Bonchev–Trinajstić information content (AvgIpc) is 3.71. The highest BCUT2D eigenvalue weighted by molar-refractivity contribution is 6.31. The minimum absolute atomic E-state index is 0.111. The van der Waals surface area contributed by atoms with Crippen molar-refractivity contribution in [3.63, 3.8) is 0 Å². The van der Waals surface area contributed by atoms with Crippen molar-refractivity contribution in [3.8, 4) is 5.75 Å². The SMILES string of the molecule is CC[C@H]1O[C@@H](c2ccc(Cl)c(Cc3ccc(O[C@H]4CCOC4)cc3)c2)[C@H](OCc2ccccc2)[C@@H](OCc2ccccc2)[C@@H]1OCc1ccccc1. The fraction of sp³-hybridized carbons (Fsp3) is 0.333. The van der Waals surface area contributed by atoms with Crippen molar-refractivity contribution in [2.24, 2.45) is 0 Å². The molecule has 0 unspecified atom stereocenters. The van der Waals surface area contributed by atoms with Crippen molar-refractivity contribution in [1.29, 1.82) is 0 Å². The minimum Gasteiger partial charge on any atom is -0.488 e. The van der Waals surface area contributed by atoms with Crippen LogP contribution in [0.4, 0.5) is 0 Å². The first-order valence-electron chi connectivity index (χ1n) is 18.4. The summed E-state index contributed by atoms with van der Waals surface area (Å²) in [6.07, 6.45) is 0.514. The summed E-state index contributed by atoms with van der Waals surface area (Å²) in [4.78, 5) is 0. The molecule has 0 amide bonds. The molecule has 7 rings (SSSR count). The maximum atomic E-state index is 7.03. The molecular formula is C45H47ClO6. The monoisotopic (exact) mass is 718 g/mol. The molecule has 0 bridgehead atoms. The second-order valence-electron chi connectivity index (χ2n) is 13.6. The van der Waals surface area contributed by atoms with Crippen LogP contribution in [0.25, 0.3) is 0 Å². The van der Waals surface area contributed by atoms with E-state index in [1.807, 2.05) is 72.8 Å². The Bertz CT molecular complexity index is 1800. The smallest absolute Gasteiger partial charge is 0.124 e. The van der Waals surface area contributed by atoms with E-state index in [4.69, 9.17) is 40.0 Å². The highest BCUT2D eigenvalue weighted by Gasteiger charge is 2.48. The molecule has 5 aromatic rings. The molecule has 0 radical (unpaired) electrons. The molecule has 52 heavy (non-hydrogen) atoms. The molecular weight excluding hydrogens is 672 g/mol. The normalized spacial score (nSPS) is 23.0. The van der Waals surface area contributed by atoms with Gasteiger partial charge in [-0.3, -0.25) is 0 Å². The van der Waals surface area contributed by atoms with Crippen LogP contribution in [-0.2, 0) is 49.9 Å². The van der Waals surface area contributed by atoms with E-state index in [9.17, 15) is 0 Å². The van der Waals surface area contributed by atoms with Crippen LogP contribution in [0.3, 0.4) is 0 Å². The highest BCUT2D eigenvalue weighted by atomic mass is 35.5. The zero-order chi connectivity index (χ0) is 35.5. The predicted octanol–water partition coefficient (Wildman–Crippen LogP) is 9.70. The summed E-state index contributed by atoms with van der Waals surface area (Å²) in [6, 6.07) is 45.2. The van der Waals surface area contributed by atoms with Gasteiger partial charge in [0.05, 0.1) is 39.1 Å². The van der Waals surface area contributed by atoms with Crippen LogP contribution in [0.1, 0.15) is 59.3 Å². The molecule has 6 nitrogen and oxygen atoms in total. The number of ether oxygens (including phenoxy) is 6. The third-order valence-corrected chi connectivity index (χ3v) is 10.2. The Kier molecular flexibility index (Phi) is 12.7. The summed E-state index contributed by atoms with van der Waals surface area (Å²) < 4.78 is 39.1. The third kappa shape index (κ3) is 9.50. The van der Waals surface area contributed by atoms with Gasteiger partial charge in [-0.05, 0) is 64.4 Å². The topological polar surface area (TPSA) is 55.4 Å². The van der Waals surface area contributed by atoms with E-state index in [-0.39, 0.29) is 18.3 Å². The standard InChI is InChI=1S/C45H47ClO6/c1-2-41-43(48-28-33-12-6-3-7-13-33)45(50-30-35-16-10-5-11-17-35)44(49-29-34-14-8-4-9-15-34)42(52-41)36-20-23-40(46)37(27-36)26-32-18-21-38(22-19-32)51-39-24-25-47-31-39/h3-23,27,39,41-45H,2,24-26,28-31H2,1H3/t39-,41+,42-,43+,44-,45-/m0/s1.